The number of esters is 1. The van der Waals surface area contributed by atoms with Crippen LogP contribution in [0.3, 0.4) is 0 Å². The van der Waals surface area contributed by atoms with Crippen LogP contribution in [0.5, 0.6) is 0 Å². The molecule has 2 N–H and O–H groups in total. The van der Waals surface area contributed by atoms with Gasteiger partial charge in [-0.1, -0.05) is 28.1 Å². The molecule has 5 heteroatoms. The summed E-state index contributed by atoms with van der Waals surface area (Å²) in [5.41, 5.74) is 6.99. The number of carbonyl (C=O) groups excluding carboxylic acids is 1. The molecule has 0 radical (unpaired) electrons. The Balaban J connectivity index is 2.05. The van der Waals surface area contributed by atoms with Crippen LogP contribution >= 0.6 is 27.3 Å². The number of benzene rings is 1. The third-order valence-electron chi connectivity index (χ3n) is 2.80. The van der Waals surface area contributed by atoms with Gasteiger partial charge in [0, 0.05) is 20.6 Å². The fourth-order valence-electron chi connectivity index (χ4n) is 1.81. The average Bonchev–Trinajstić information content (AvgIpc) is 2.88. The molecule has 0 amide bonds. The second-order valence-electron chi connectivity index (χ2n) is 4.34. The minimum Gasteiger partial charge on any atom is -0.465 e. The van der Waals surface area contributed by atoms with Gasteiger partial charge in [-0.15, -0.1) is 11.3 Å². The monoisotopic (exact) mass is 353 g/mol. The highest BCUT2D eigenvalue weighted by molar-refractivity contribution is 9.10. The van der Waals surface area contributed by atoms with Crippen LogP contribution in [0.25, 0.3) is 10.4 Å². The second-order valence-corrected chi connectivity index (χ2v) is 6.42. The zero-order valence-corrected chi connectivity index (χ0v) is 13.5. The highest BCUT2D eigenvalue weighted by Gasteiger charge is 2.16. The van der Waals surface area contributed by atoms with Crippen LogP contribution in [0.2, 0.25) is 0 Å². The number of ether oxygens (including phenoxy) is 1. The molecule has 0 saturated carbocycles. The lowest BCUT2D eigenvalue weighted by atomic mass is 10.2. The summed E-state index contributed by atoms with van der Waals surface area (Å²) in [6.45, 7) is 2.14. The summed E-state index contributed by atoms with van der Waals surface area (Å²) < 4.78 is 5.97. The summed E-state index contributed by atoms with van der Waals surface area (Å²) in [4.78, 5) is 13.8. The van der Waals surface area contributed by atoms with E-state index in [9.17, 15) is 4.79 Å². The maximum absolute atomic E-state index is 11.5. The van der Waals surface area contributed by atoms with Gasteiger partial charge >= 0.3 is 5.97 Å². The second kappa shape index (κ2) is 7.02. The highest BCUT2D eigenvalue weighted by atomic mass is 79.9. The van der Waals surface area contributed by atoms with Crippen molar-refractivity contribution < 1.29 is 9.53 Å². The number of carbonyl (C=O) groups is 1. The van der Waals surface area contributed by atoms with Crippen molar-refractivity contribution in [3.8, 4) is 10.4 Å². The lowest BCUT2D eigenvalue weighted by molar-refractivity contribution is -0.144. The molecule has 0 aliphatic rings. The van der Waals surface area contributed by atoms with Crippen LogP contribution in [-0.4, -0.2) is 18.6 Å². The Morgan fingerprint density at radius 2 is 2.00 bits per heavy atom. The molecule has 2 aromatic rings. The van der Waals surface area contributed by atoms with Crippen LogP contribution in [0, 0.1) is 0 Å². The van der Waals surface area contributed by atoms with E-state index in [4.69, 9.17) is 10.5 Å². The first-order chi connectivity index (χ1) is 9.60. The van der Waals surface area contributed by atoms with Gasteiger partial charge in [0.05, 0.1) is 6.61 Å². The molecule has 3 nitrogen and oxygen atoms in total. The summed E-state index contributed by atoms with van der Waals surface area (Å²) in [5, 5.41) is 0. The van der Waals surface area contributed by atoms with Gasteiger partial charge in [-0.05, 0) is 36.8 Å². The maximum Gasteiger partial charge on any atom is 0.323 e. The van der Waals surface area contributed by atoms with Crippen molar-refractivity contribution in [1.82, 2.24) is 0 Å². The first-order valence-electron chi connectivity index (χ1n) is 6.37. The Kier molecular flexibility index (Phi) is 5.34. The van der Waals surface area contributed by atoms with E-state index in [1.807, 2.05) is 18.2 Å². The number of rotatable bonds is 5. The van der Waals surface area contributed by atoms with E-state index in [2.05, 4.69) is 34.1 Å². The lowest BCUT2D eigenvalue weighted by Gasteiger charge is -2.08. The number of halogens is 1. The molecule has 0 saturated heterocycles. The standard InChI is InChI=1S/C15H16BrNO2S/c1-2-19-15(18)13(17)9-12-7-8-14(20-12)10-3-5-11(16)6-4-10/h3-8,13H,2,9,17H2,1H3. The molecule has 0 bridgehead atoms. The molecule has 0 spiro atoms. The van der Waals surface area contributed by atoms with Gasteiger partial charge in [0.25, 0.3) is 0 Å². The van der Waals surface area contributed by atoms with Gasteiger partial charge in [0.2, 0.25) is 0 Å². The van der Waals surface area contributed by atoms with E-state index in [0.29, 0.717) is 13.0 Å². The Labute approximate surface area is 130 Å². The van der Waals surface area contributed by atoms with E-state index in [0.717, 1.165) is 14.9 Å². The van der Waals surface area contributed by atoms with E-state index in [1.54, 1.807) is 18.3 Å². The Bertz CT molecular complexity index is 580. The molecule has 1 aromatic carbocycles. The molecule has 1 atom stereocenters. The Morgan fingerprint density at radius 3 is 2.65 bits per heavy atom. The molecule has 1 heterocycles. The van der Waals surface area contributed by atoms with Gasteiger partial charge < -0.3 is 10.5 Å². The molecule has 20 heavy (non-hydrogen) atoms. The van der Waals surface area contributed by atoms with Crippen molar-refractivity contribution in [2.75, 3.05) is 6.61 Å². The molecule has 1 unspecified atom stereocenters. The average molecular weight is 354 g/mol. The maximum atomic E-state index is 11.5. The van der Waals surface area contributed by atoms with Gasteiger partial charge in [-0.2, -0.15) is 0 Å². The summed E-state index contributed by atoms with van der Waals surface area (Å²) >= 11 is 5.07. The molecule has 1 aromatic heterocycles. The van der Waals surface area contributed by atoms with E-state index >= 15 is 0 Å². The third-order valence-corrected chi connectivity index (χ3v) is 4.49. The van der Waals surface area contributed by atoms with Crippen molar-refractivity contribution in [2.24, 2.45) is 5.73 Å². The van der Waals surface area contributed by atoms with Crippen molar-refractivity contribution in [3.05, 3.63) is 45.7 Å². The zero-order valence-electron chi connectivity index (χ0n) is 11.1. The van der Waals surface area contributed by atoms with Crippen molar-refractivity contribution in [3.63, 3.8) is 0 Å². The Morgan fingerprint density at radius 1 is 1.30 bits per heavy atom. The topological polar surface area (TPSA) is 52.3 Å². The van der Waals surface area contributed by atoms with Gasteiger partial charge in [0.1, 0.15) is 6.04 Å². The Hall–Kier alpha value is -1.17. The van der Waals surface area contributed by atoms with Crippen LogP contribution < -0.4 is 5.73 Å². The number of hydrogen-bond donors (Lipinski definition) is 1. The van der Waals surface area contributed by atoms with E-state index < -0.39 is 6.04 Å². The van der Waals surface area contributed by atoms with Crippen LogP contribution in [0.1, 0.15) is 11.8 Å². The number of thiophene rings is 1. The first-order valence-corrected chi connectivity index (χ1v) is 7.98. The fourth-order valence-corrected chi connectivity index (χ4v) is 3.14. The minimum atomic E-state index is -0.591. The van der Waals surface area contributed by atoms with Gasteiger partial charge in [-0.3, -0.25) is 4.79 Å². The van der Waals surface area contributed by atoms with E-state index in [-0.39, 0.29) is 5.97 Å². The lowest BCUT2D eigenvalue weighted by Crippen LogP contribution is -2.34. The van der Waals surface area contributed by atoms with E-state index in [1.165, 1.54) is 4.88 Å². The van der Waals surface area contributed by atoms with Crippen LogP contribution in [0.4, 0.5) is 0 Å². The quantitative estimate of drug-likeness (QED) is 0.835. The zero-order chi connectivity index (χ0) is 14.5. The molecule has 0 fully saturated rings. The summed E-state index contributed by atoms with van der Waals surface area (Å²) in [5.74, 6) is -0.342. The van der Waals surface area contributed by atoms with Crippen molar-refractivity contribution in [2.45, 2.75) is 19.4 Å². The van der Waals surface area contributed by atoms with Crippen LogP contribution in [-0.2, 0) is 16.0 Å². The fraction of sp³-hybridized carbons (Fsp3) is 0.267. The third kappa shape index (κ3) is 3.91. The summed E-state index contributed by atoms with van der Waals surface area (Å²) in [6.07, 6.45) is 0.514. The highest BCUT2D eigenvalue weighted by Crippen LogP contribution is 2.29. The molecule has 0 aliphatic heterocycles. The summed E-state index contributed by atoms with van der Waals surface area (Å²) in [6, 6.07) is 11.6. The van der Waals surface area contributed by atoms with Crippen molar-refractivity contribution in [1.29, 1.82) is 0 Å². The molecular formula is C15H16BrNO2S. The van der Waals surface area contributed by atoms with Crippen LogP contribution in [0.15, 0.2) is 40.9 Å². The molecule has 0 aliphatic carbocycles. The smallest absolute Gasteiger partial charge is 0.323 e. The SMILES string of the molecule is CCOC(=O)C(N)Cc1ccc(-c2ccc(Br)cc2)s1. The van der Waals surface area contributed by atoms with Gasteiger partial charge in [0.15, 0.2) is 0 Å². The summed E-state index contributed by atoms with van der Waals surface area (Å²) in [7, 11) is 0. The minimum absolute atomic E-state index is 0.342. The molecular weight excluding hydrogens is 338 g/mol. The first kappa shape index (κ1) is 15.2. The molecule has 2 rings (SSSR count). The number of hydrogen-bond acceptors (Lipinski definition) is 4. The van der Waals surface area contributed by atoms with Crippen molar-refractivity contribution >= 4 is 33.2 Å². The molecule has 106 valence electrons. The van der Waals surface area contributed by atoms with Gasteiger partial charge in [-0.25, -0.2) is 0 Å². The predicted molar refractivity (Wildman–Crippen MR) is 85.8 cm³/mol. The predicted octanol–water partition coefficient (Wildman–Crippen LogP) is 3.61. The largest absolute Gasteiger partial charge is 0.465 e. The number of nitrogens with two attached hydrogens (primary N) is 1. The normalized spacial score (nSPS) is 12.2.